The average molecular weight is 284 g/mol. The van der Waals surface area contributed by atoms with Gasteiger partial charge in [0.05, 0.1) is 0 Å². The molecule has 0 aliphatic carbocycles. The third kappa shape index (κ3) is 3.66. The van der Waals surface area contributed by atoms with Crippen LogP contribution >= 0.6 is 0 Å². The highest BCUT2D eigenvalue weighted by Crippen LogP contribution is 2.15. The summed E-state index contributed by atoms with van der Waals surface area (Å²) < 4.78 is 26.3. The molecular weight excluding hydrogens is 266 g/mol. The Labute approximate surface area is 116 Å². The molecule has 1 fully saturated rings. The van der Waals surface area contributed by atoms with Crippen LogP contribution in [-0.4, -0.2) is 42.3 Å². The minimum Gasteiger partial charge on any atom is -0.396 e. The summed E-state index contributed by atoms with van der Waals surface area (Å²) in [6, 6.07) is 3.06. The van der Waals surface area contributed by atoms with Crippen LogP contribution < -0.4 is 5.32 Å². The van der Waals surface area contributed by atoms with Gasteiger partial charge in [0.15, 0.2) is 0 Å². The van der Waals surface area contributed by atoms with Crippen LogP contribution in [0.3, 0.4) is 0 Å². The number of likely N-dealkylation sites (tertiary alicyclic amines) is 1. The predicted octanol–water partition coefficient (Wildman–Crippen LogP) is 1.53. The number of nitrogens with zero attached hydrogens (tertiary/aromatic N) is 1. The summed E-state index contributed by atoms with van der Waals surface area (Å²) in [6.07, 6.45) is 1.04. The fourth-order valence-corrected chi connectivity index (χ4v) is 2.32. The van der Waals surface area contributed by atoms with Crippen molar-refractivity contribution in [1.29, 1.82) is 0 Å². The Morgan fingerprint density at radius 3 is 2.95 bits per heavy atom. The molecule has 0 saturated carbocycles. The molecule has 1 aromatic carbocycles. The number of aliphatic hydroxyl groups excluding tert-OH is 1. The molecule has 4 nitrogen and oxygen atoms in total. The smallest absolute Gasteiger partial charge is 0.317 e. The van der Waals surface area contributed by atoms with E-state index < -0.39 is 11.6 Å². The zero-order valence-corrected chi connectivity index (χ0v) is 11.1. The second-order valence-corrected chi connectivity index (χ2v) is 5.00. The molecule has 1 aromatic rings. The van der Waals surface area contributed by atoms with Gasteiger partial charge in [-0.3, -0.25) is 0 Å². The third-order valence-corrected chi connectivity index (χ3v) is 3.51. The van der Waals surface area contributed by atoms with Crippen LogP contribution in [0.2, 0.25) is 0 Å². The number of urea groups is 1. The molecular formula is C14H18F2N2O2. The standard InChI is InChI=1S/C14H18F2N2O2/c15-12-1-2-13(16)11(7-12)3-5-17-14(20)18-6-4-10(8-18)9-19/h1-2,7,10,19H,3-6,8-9H2,(H,17,20). The Bertz CT molecular complexity index is 482. The van der Waals surface area contributed by atoms with E-state index in [1.807, 2.05) is 0 Å². The summed E-state index contributed by atoms with van der Waals surface area (Å²) in [5, 5.41) is 11.7. The lowest BCUT2D eigenvalue weighted by molar-refractivity contribution is 0.198. The number of amides is 2. The molecule has 0 aromatic heterocycles. The second kappa shape index (κ2) is 6.65. The SMILES string of the molecule is O=C(NCCc1cc(F)ccc1F)N1CCC(CO)C1. The van der Waals surface area contributed by atoms with Crippen LogP contribution in [0.5, 0.6) is 0 Å². The fraction of sp³-hybridized carbons (Fsp3) is 0.500. The Balaban J connectivity index is 1.78. The topological polar surface area (TPSA) is 52.6 Å². The highest BCUT2D eigenvalue weighted by molar-refractivity contribution is 5.74. The highest BCUT2D eigenvalue weighted by atomic mass is 19.1. The maximum absolute atomic E-state index is 13.4. The molecule has 1 aliphatic heterocycles. The molecule has 2 amide bonds. The number of nitrogens with one attached hydrogen (secondary N) is 1. The Kier molecular flexibility index (Phi) is 4.89. The van der Waals surface area contributed by atoms with E-state index in [-0.39, 0.29) is 37.1 Å². The van der Waals surface area contributed by atoms with Crippen molar-refractivity contribution >= 4 is 6.03 Å². The highest BCUT2D eigenvalue weighted by Gasteiger charge is 2.25. The van der Waals surface area contributed by atoms with E-state index in [1.54, 1.807) is 4.90 Å². The summed E-state index contributed by atoms with van der Waals surface area (Å²) in [7, 11) is 0. The van der Waals surface area contributed by atoms with Gasteiger partial charge in [-0.1, -0.05) is 0 Å². The number of hydrogen-bond acceptors (Lipinski definition) is 2. The molecule has 1 atom stereocenters. The molecule has 1 unspecified atom stereocenters. The first-order chi connectivity index (χ1) is 9.60. The van der Waals surface area contributed by atoms with Gasteiger partial charge in [0, 0.05) is 32.2 Å². The quantitative estimate of drug-likeness (QED) is 0.881. The Hall–Kier alpha value is -1.69. The first-order valence-corrected chi connectivity index (χ1v) is 6.67. The first-order valence-electron chi connectivity index (χ1n) is 6.67. The van der Waals surface area contributed by atoms with Gasteiger partial charge in [-0.2, -0.15) is 0 Å². The molecule has 0 spiro atoms. The number of rotatable bonds is 4. The van der Waals surface area contributed by atoms with Crippen molar-refractivity contribution in [2.45, 2.75) is 12.8 Å². The van der Waals surface area contributed by atoms with Crippen molar-refractivity contribution in [3.63, 3.8) is 0 Å². The number of carbonyl (C=O) groups excluding carboxylic acids is 1. The van der Waals surface area contributed by atoms with Gasteiger partial charge in [0.2, 0.25) is 0 Å². The fourth-order valence-electron chi connectivity index (χ4n) is 2.32. The van der Waals surface area contributed by atoms with Crippen LogP contribution in [-0.2, 0) is 6.42 Å². The molecule has 110 valence electrons. The van der Waals surface area contributed by atoms with Crippen molar-refractivity contribution in [3.8, 4) is 0 Å². The third-order valence-electron chi connectivity index (χ3n) is 3.51. The van der Waals surface area contributed by atoms with E-state index in [9.17, 15) is 13.6 Å². The zero-order valence-electron chi connectivity index (χ0n) is 11.1. The van der Waals surface area contributed by atoms with Crippen molar-refractivity contribution < 1.29 is 18.7 Å². The van der Waals surface area contributed by atoms with E-state index in [2.05, 4.69) is 5.32 Å². The molecule has 0 radical (unpaired) electrons. The van der Waals surface area contributed by atoms with Crippen LogP contribution in [0.25, 0.3) is 0 Å². The minimum atomic E-state index is -0.488. The van der Waals surface area contributed by atoms with Crippen molar-refractivity contribution in [2.24, 2.45) is 5.92 Å². The van der Waals surface area contributed by atoms with Gasteiger partial charge >= 0.3 is 6.03 Å². The Morgan fingerprint density at radius 2 is 2.25 bits per heavy atom. The summed E-state index contributed by atoms with van der Waals surface area (Å²) in [5.74, 6) is -0.818. The summed E-state index contributed by atoms with van der Waals surface area (Å²) in [5.41, 5.74) is 0.250. The largest absolute Gasteiger partial charge is 0.396 e. The molecule has 2 rings (SSSR count). The number of hydrogen-bond donors (Lipinski definition) is 2. The lowest BCUT2D eigenvalue weighted by Crippen LogP contribution is -2.39. The maximum Gasteiger partial charge on any atom is 0.317 e. The van der Waals surface area contributed by atoms with Gasteiger partial charge < -0.3 is 15.3 Å². The summed E-state index contributed by atoms with van der Waals surface area (Å²) in [6.45, 7) is 1.49. The van der Waals surface area contributed by atoms with Gasteiger partial charge in [-0.15, -0.1) is 0 Å². The van der Waals surface area contributed by atoms with Crippen LogP contribution in [0.1, 0.15) is 12.0 Å². The molecule has 1 saturated heterocycles. The molecule has 2 N–H and O–H groups in total. The van der Waals surface area contributed by atoms with E-state index in [0.29, 0.717) is 13.1 Å². The van der Waals surface area contributed by atoms with Crippen molar-refractivity contribution in [1.82, 2.24) is 10.2 Å². The number of halogens is 2. The van der Waals surface area contributed by atoms with E-state index in [0.717, 1.165) is 24.6 Å². The lowest BCUT2D eigenvalue weighted by Gasteiger charge is -2.17. The minimum absolute atomic E-state index is 0.0816. The van der Waals surface area contributed by atoms with Crippen molar-refractivity contribution in [3.05, 3.63) is 35.4 Å². The maximum atomic E-state index is 13.4. The van der Waals surface area contributed by atoms with Gasteiger partial charge in [0.1, 0.15) is 11.6 Å². The van der Waals surface area contributed by atoms with Crippen LogP contribution in [0, 0.1) is 17.6 Å². The predicted molar refractivity (Wildman–Crippen MR) is 70.2 cm³/mol. The molecule has 1 heterocycles. The van der Waals surface area contributed by atoms with E-state index in [4.69, 9.17) is 5.11 Å². The zero-order chi connectivity index (χ0) is 14.5. The van der Waals surface area contributed by atoms with E-state index >= 15 is 0 Å². The van der Waals surface area contributed by atoms with Crippen LogP contribution in [0.15, 0.2) is 18.2 Å². The van der Waals surface area contributed by atoms with Crippen LogP contribution in [0.4, 0.5) is 13.6 Å². The van der Waals surface area contributed by atoms with Crippen molar-refractivity contribution in [2.75, 3.05) is 26.2 Å². The molecule has 1 aliphatic rings. The molecule has 0 bridgehead atoms. The normalized spacial score (nSPS) is 18.4. The van der Waals surface area contributed by atoms with Gasteiger partial charge in [-0.05, 0) is 36.6 Å². The first kappa shape index (κ1) is 14.7. The summed E-state index contributed by atoms with van der Waals surface area (Å²) in [4.78, 5) is 13.4. The average Bonchev–Trinajstić information content (AvgIpc) is 2.91. The van der Waals surface area contributed by atoms with Gasteiger partial charge in [0.25, 0.3) is 0 Å². The monoisotopic (exact) mass is 284 g/mol. The summed E-state index contributed by atoms with van der Waals surface area (Å²) >= 11 is 0. The molecule has 6 heteroatoms. The number of carbonyl (C=O) groups is 1. The Morgan fingerprint density at radius 1 is 1.45 bits per heavy atom. The second-order valence-electron chi connectivity index (χ2n) is 5.00. The van der Waals surface area contributed by atoms with Gasteiger partial charge in [-0.25, -0.2) is 13.6 Å². The van der Waals surface area contributed by atoms with E-state index in [1.165, 1.54) is 0 Å². The lowest BCUT2D eigenvalue weighted by atomic mass is 10.1. The number of aliphatic hydroxyl groups is 1. The molecule has 20 heavy (non-hydrogen) atoms. The number of benzene rings is 1.